The van der Waals surface area contributed by atoms with Crippen LogP contribution in [0, 0.1) is 17.8 Å². The van der Waals surface area contributed by atoms with Gasteiger partial charge in [0.05, 0.1) is 12.2 Å². The number of carbonyl (C=O) groups is 2. The maximum atomic E-state index is 11.1. The summed E-state index contributed by atoms with van der Waals surface area (Å²) in [4.78, 5) is 21.5. The van der Waals surface area contributed by atoms with E-state index in [9.17, 15) is 19.8 Å². The fourth-order valence-corrected chi connectivity index (χ4v) is 3.20. The number of hydrogen-bond acceptors (Lipinski definition) is 5. The number of fused-ring (bicyclic) bond motifs is 1. The lowest BCUT2D eigenvalue weighted by molar-refractivity contribution is -0.313. The lowest BCUT2D eigenvalue weighted by atomic mass is 9.75. The highest BCUT2D eigenvalue weighted by atomic mass is 16.6. The van der Waals surface area contributed by atoms with Crippen molar-refractivity contribution in [1.29, 1.82) is 0 Å². The second-order valence-corrected chi connectivity index (χ2v) is 5.94. The van der Waals surface area contributed by atoms with Gasteiger partial charge in [0.15, 0.2) is 0 Å². The lowest BCUT2D eigenvalue weighted by Gasteiger charge is -2.30. The van der Waals surface area contributed by atoms with Gasteiger partial charge in [0.25, 0.3) is 0 Å². The first-order chi connectivity index (χ1) is 8.97. The van der Waals surface area contributed by atoms with Crippen molar-refractivity contribution < 1.29 is 24.5 Å². The minimum absolute atomic E-state index is 0.0855. The van der Waals surface area contributed by atoms with Crippen molar-refractivity contribution in [2.75, 3.05) is 0 Å². The van der Waals surface area contributed by atoms with Crippen molar-refractivity contribution in [3.63, 3.8) is 0 Å². The van der Waals surface area contributed by atoms with Gasteiger partial charge in [-0.15, -0.1) is 0 Å². The topological polar surface area (TPSA) is 92.8 Å². The third-order valence-corrected chi connectivity index (χ3v) is 4.49. The van der Waals surface area contributed by atoms with Gasteiger partial charge in [0.2, 0.25) is 0 Å². The maximum Gasteiger partial charge on any atom is 0.0844 e. The van der Waals surface area contributed by atoms with E-state index >= 15 is 0 Å². The lowest BCUT2D eigenvalue weighted by Crippen LogP contribution is -2.35. The van der Waals surface area contributed by atoms with Crippen LogP contribution < -0.4 is 10.2 Å². The molecule has 0 aromatic heterocycles. The van der Waals surface area contributed by atoms with E-state index < -0.39 is 17.9 Å². The SMILES string of the molecule is CC1CC2OC2CC1CC(CCCC(=O)[O-])C(=O)[O-]. The molecule has 0 amide bonds. The number of carboxylic acid groups (broad SMARTS) is 2. The molecule has 0 aromatic carbocycles. The first-order valence-electron chi connectivity index (χ1n) is 7.03. The molecule has 0 N–H and O–H groups in total. The van der Waals surface area contributed by atoms with Gasteiger partial charge in [-0.3, -0.25) is 0 Å². The molecule has 0 spiro atoms. The summed E-state index contributed by atoms with van der Waals surface area (Å²) in [6.07, 6.45) is 3.84. The van der Waals surface area contributed by atoms with Gasteiger partial charge in [0, 0.05) is 11.9 Å². The van der Waals surface area contributed by atoms with Gasteiger partial charge < -0.3 is 24.5 Å². The van der Waals surface area contributed by atoms with Crippen molar-refractivity contribution in [1.82, 2.24) is 0 Å². The minimum Gasteiger partial charge on any atom is -0.550 e. The highest BCUT2D eigenvalue weighted by molar-refractivity contribution is 5.68. The molecule has 5 nitrogen and oxygen atoms in total. The van der Waals surface area contributed by atoms with Gasteiger partial charge in [-0.05, 0) is 56.3 Å². The highest BCUT2D eigenvalue weighted by Gasteiger charge is 2.47. The zero-order valence-corrected chi connectivity index (χ0v) is 11.2. The highest BCUT2D eigenvalue weighted by Crippen LogP contribution is 2.45. The molecular formula is C14H20O5-2. The summed E-state index contributed by atoms with van der Waals surface area (Å²) >= 11 is 0. The summed E-state index contributed by atoms with van der Waals surface area (Å²) in [6.45, 7) is 2.13. The molecule has 5 atom stereocenters. The number of aliphatic carboxylic acids is 2. The molecule has 2 aliphatic rings. The Morgan fingerprint density at radius 2 is 1.95 bits per heavy atom. The molecule has 1 aliphatic carbocycles. The fourth-order valence-electron chi connectivity index (χ4n) is 3.20. The number of rotatable bonds is 7. The number of epoxide rings is 1. The Labute approximate surface area is 112 Å². The summed E-state index contributed by atoms with van der Waals surface area (Å²) < 4.78 is 5.48. The Hall–Kier alpha value is -1.10. The van der Waals surface area contributed by atoms with E-state index in [4.69, 9.17) is 4.74 Å². The number of hydrogen-bond donors (Lipinski definition) is 0. The van der Waals surface area contributed by atoms with Crippen molar-refractivity contribution in [2.45, 2.75) is 57.7 Å². The molecule has 1 heterocycles. The van der Waals surface area contributed by atoms with Gasteiger partial charge in [-0.25, -0.2) is 0 Å². The summed E-state index contributed by atoms with van der Waals surface area (Å²) in [5.41, 5.74) is 0. The molecule has 1 aliphatic heterocycles. The number of carboxylic acids is 2. The van der Waals surface area contributed by atoms with Gasteiger partial charge in [-0.2, -0.15) is 0 Å². The molecule has 108 valence electrons. The van der Waals surface area contributed by atoms with Crippen LogP contribution in [0.2, 0.25) is 0 Å². The van der Waals surface area contributed by atoms with Crippen LogP contribution in [-0.2, 0) is 14.3 Å². The quantitative estimate of drug-likeness (QED) is 0.579. The summed E-state index contributed by atoms with van der Waals surface area (Å²) in [6, 6.07) is 0. The van der Waals surface area contributed by atoms with Crippen LogP contribution in [0.1, 0.15) is 45.4 Å². The van der Waals surface area contributed by atoms with Crippen LogP contribution in [0.3, 0.4) is 0 Å². The first kappa shape index (κ1) is 14.3. The Morgan fingerprint density at radius 1 is 1.26 bits per heavy atom. The van der Waals surface area contributed by atoms with E-state index in [1.165, 1.54) is 0 Å². The van der Waals surface area contributed by atoms with Crippen LogP contribution in [0.25, 0.3) is 0 Å². The summed E-state index contributed by atoms with van der Waals surface area (Å²) in [7, 11) is 0. The van der Waals surface area contributed by atoms with Gasteiger partial charge in [0.1, 0.15) is 0 Å². The second-order valence-electron chi connectivity index (χ2n) is 5.94. The van der Waals surface area contributed by atoms with Crippen molar-refractivity contribution in [2.24, 2.45) is 17.8 Å². The Morgan fingerprint density at radius 3 is 2.58 bits per heavy atom. The second kappa shape index (κ2) is 5.90. The average molecular weight is 268 g/mol. The molecule has 2 fully saturated rings. The average Bonchev–Trinajstić information content (AvgIpc) is 3.04. The molecular weight excluding hydrogens is 248 g/mol. The van der Waals surface area contributed by atoms with E-state index in [2.05, 4.69) is 6.92 Å². The molecule has 0 radical (unpaired) electrons. The fraction of sp³-hybridized carbons (Fsp3) is 0.857. The van der Waals surface area contributed by atoms with Gasteiger partial charge in [-0.1, -0.05) is 6.92 Å². The maximum absolute atomic E-state index is 11.1. The Balaban J connectivity index is 1.81. The third kappa shape index (κ3) is 3.93. The molecule has 5 unspecified atom stereocenters. The number of carbonyl (C=O) groups excluding carboxylic acids is 2. The molecule has 1 saturated heterocycles. The Bertz CT molecular complexity index is 354. The third-order valence-electron chi connectivity index (χ3n) is 4.49. The Kier molecular flexibility index (Phi) is 4.45. The summed E-state index contributed by atoms with van der Waals surface area (Å²) in [5.74, 6) is -1.94. The molecule has 2 rings (SSSR count). The van der Waals surface area contributed by atoms with E-state index in [1.807, 2.05) is 0 Å². The zero-order chi connectivity index (χ0) is 14.0. The van der Waals surface area contributed by atoms with Gasteiger partial charge >= 0.3 is 0 Å². The largest absolute Gasteiger partial charge is 0.550 e. The normalized spacial score (nSPS) is 34.4. The van der Waals surface area contributed by atoms with E-state index in [0.29, 0.717) is 43.3 Å². The molecule has 19 heavy (non-hydrogen) atoms. The van der Waals surface area contributed by atoms with Crippen LogP contribution in [-0.4, -0.2) is 24.1 Å². The molecule has 0 aromatic rings. The predicted molar refractivity (Wildman–Crippen MR) is 62.5 cm³/mol. The van der Waals surface area contributed by atoms with Crippen LogP contribution in [0.5, 0.6) is 0 Å². The van der Waals surface area contributed by atoms with Crippen LogP contribution in [0.4, 0.5) is 0 Å². The first-order valence-corrected chi connectivity index (χ1v) is 7.03. The van der Waals surface area contributed by atoms with Crippen molar-refractivity contribution in [3.8, 4) is 0 Å². The minimum atomic E-state index is -1.13. The van der Waals surface area contributed by atoms with E-state index in [0.717, 1.165) is 12.8 Å². The van der Waals surface area contributed by atoms with E-state index in [-0.39, 0.29) is 6.42 Å². The molecule has 5 heteroatoms. The van der Waals surface area contributed by atoms with E-state index in [1.54, 1.807) is 0 Å². The summed E-state index contributed by atoms with van der Waals surface area (Å²) in [5, 5.41) is 21.5. The molecule has 0 bridgehead atoms. The standard InChI is InChI=1S/C14H22O5/c1-8-5-11-12(19-11)7-10(8)6-9(14(17)18)3-2-4-13(15)16/h8-12H,2-7H2,1H3,(H,15,16)(H,17,18)/p-2. The van der Waals surface area contributed by atoms with Crippen molar-refractivity contribution >= 4 is 11.9 Å². The molecule has 1 saturated carbocycles. The predicted octanol–water partition coefficient (Wildman–Crippen LogP) is -0.524. The van der Waals surface area contributed by atoms with Crippen LogP contribution in [0.15, 0.2) is 0 Å². The monoisotopic (exact) mass is 268 g/mol. The van der Waals surface area contributed by atoms with Crippen molar-refractivity contribution in [3.05, 3.63) is 0 Å². The van der Waals surface area contributed by atoms with Crippen LogP contribution >= 0.6 is 0 Å². The number of ether oxygens (including phenoxy) is 1. The smallest absolute Gasteiger partial charge is 0.0844 e. The zero-order valence-electron chi connectivity index (χ0n) is 11.2.